The van der Waals surface area contributed by atoms with Crippen molar-refractivity contribution in [2.75, 3.05) is 11.1 Å². The minimum Gasteiger partial charge on any atom is -0.352 e. The van der Waals surface area contributed by atoms with Crippen LogP contribution < -0.4 is 10.6 Å². The summed E-state index contributed by atoms with van der Waals surface area (Å²) in [5, 5.41) is 5.95. The zero-order chi connectivity index (χ0) is 15.9. The van der Waals surface area contributed by atoms with Crippen molar-refractivity contribution in [3.05, 3.63) is 24.3 Å². The number of thioether (sulfide) groups is 1. The molecule has 1 fully saturated rings. The second kappa shape index (κ2) is 8.22. The summed E-state index contributed by atoms with van der Waals surface area (Å²) in [6.07, 6.45) is 4.75. The Morgan fingerprint density at radius 3 is 2.68 bits per heavy atom. The lowest BCUT2D eigenvalue weighted by molar-refractivity contribution is -0.119. The second-order valence-electron chi connectivity index (χ2n) is 5.90. The van der Waals surface area contributed by atoms with E-state index < -0.39 is 0 Å². The first kappa shape index (κ1) is 16.9. The lowest BCUT2D eigenvalue weighted by Gasteiger charge is -2.29. The molecule has 1 aromatic carbocycles. The van der Waals surface area contributed by atoms with E-state index in [0.717, 1.165) is 17.0 Å². The molecule has 0 heterocycles. The standard InChI is InChI=1S/C17H24N2O2S/c1-12-7-3-4-8-14(12)19-17(21)11-22-16-10-6-5-9-15(16)18-13(2)20/h5-6,9-10,12,14H,3-4,7-8,11H2,1-2H3,(H,18,20)(H,19,21)/t12-,14+/m1/s1. The van der Waals surface area contributed by atoms with Crippen molar-refractivity contribution < 1.29 is 9.59 Å². The first-order valence-corrected chi connectivity index (χ1v) is 8.83. The van der Waals surface area contributed by atoms with E-state index in [1.54, 1.807) is 0 Å². The van der Waals surface area contributed by atoms with Crippen LogP contribution in [0.15, 0.2) is 29.2 Å². The molecular formula is C17H24N2O2S. The van der Waals surface area contributed by atoms with Crippen LogP contribution in [-0.2, 0) is 9.59 Å². The van der Waals surface area contributed by atoms with E-state index in [0.29, 0.717) is 17.7 Å². The van der Waals surface area contributed by atoms with Gasteiger partial charge in [-0.1, -0.05) is 31.9 Å². The molecule has 0 saturated heterocycles. The number of anilines is 1. The zero-order valence-corrected chi connectivity index (χ0v) is 14.0. The third-order valence-electron chi connectivity index (χ3n) is 4.01. The fourth-order valence-electron chi connectivity index (χ4n) is 2.81. The number of carbonyl (C=O) groups is 2. The van der Waals surface area contributed by atoms with Crippen molar-refractivity contribution in [2.24, 2.45) is 5.92 Å². The molecule has 1 aliphatic rings. The molecule has 5 heteroatoms. The highest BCUT2D eigenvalue weighted by Gasteiger charge is 2.22. The summed E-state index contributed by atoms with van der Waals surface area (Å²) in [7, 11) is 0. The van der Waals surface area contributed by atoms with E-state index in [4.69, 9.17) is 0 Å². The van der Waals surface area contributed by atoms with E-state index in [-0.39, 0.29) is 11.8 Å². The van der Waals surface area contributed by atoms with Gasteiger partial charge in [-0.25, -0.2) is 0 Å². The predicted octanol–water partition coefficient (Wildman–Crippen LogP) is 3.43. The van der Waals surface area contributed by atoms with Crippen LogP contribution in [0.2, 0.25) is 0 Å². The number of nitrogens with one attached hydrogen (secondary N) is 2. The van der Waals surface area contributed by atoms with Gasteiger partial charge in [0.25, 0.3) is 0 Å². The summed E-state index contributed by atoms with van der Waals surface area (Å²) in [5.41, 5.74) is 0.763. The maximum atomic E-state index is 12.1. The number of amides is 2. The topological polar surface area (TPSA) is 58.2 Å². The van der Waals surface area contributed by atoms with Crippen LogP contribution in [0.1, 0.15) is 39.5 Å². The van der Waals surface area contributed by atoms with E-state index in [1.807, 2.05) is 24.3 Å². The van der Waals surface area contributed by atoms with Gasteiger partial charge >= 0.3 is 0 Å². The maximum Gasteiger partial charge on any atom is 0.230 e. The Bertz CT molecular complexity index is 533. The molecule has 0 aliphatic heterocycles. The molecule has 2 rings (SSSR count). The summed E-state index contributed by atoms with van der Waals surface area (Å²) in [6.45, 7) is 3.70. The highest BCUT2D eigenvalue weighted by Crippen LogP contribution is 2.27. The first-order valence-electron chi connectivity index (χ1n) is 7.85. The second-order valence-corrected chi connectivity index (χ2v) is 6.92. The monoisotopic (exact) mass is 320 g/mol. The van der Waals surface area contributed by atoms with Gasteiger partial charge in [0.2, 0.25) is 11.8 Å². The molecule has 1 aliphatic carbocycles. The van der Waals surface area contributed by atoms with Crippen LogP contribution in [0.3, 0.4) is 0 Å². The third kappa shape index (κ3) is 5.05. The van der Waals surface area contributed by atoms with Crippen LogP contribution in [0.25, 0.3) is 0 Å². The van der Waals surface area contributed by atoms with Gasteiger partial charge in [-0.15, -0.1) is 11.8 Å². The van der Waals surface area contributed by atoms with E-state index >= 15 is 0 Å². The van der Waals surface area contributed by atoms with Crippen LogP contribution in [-0.4, -0.2) is 23.6 Å². The highest BCUT2D eigenvalue weighted by molar-refractivity contribution is 8.00. The minimum atomic E-state index is -0.103. The van der Waals surface area contributed by atoms with Crippen LogP contribution >= 0.6 is 11.8 Å². The Labute approximate surface area is 136 Å². The molecular weight excluding hydrogens is 296 g/mol. The summed E-state index contributed by atoms with van der Waals surface area (Å²) in [4.78, 5) is 24.3. The molecule has 2 atom stereocenters. The molecule has 0 bridgehead atoms. The average Bonchev–Trinajstić information content (AvgIpc) is 2.48. The van der Waals surface area contributed by atoms with Crippen molar-refractivity contribution in [2.45, 2.75) is 50.5 Å². The molecule has 1 saturated carbocycles. The smallest absolute Gasteiger partial charge is 0.230 e. The Kier molecular flexibility index (Phi) is 6.31. The summed E-state index contributed by atoms with van der Waals surface area (Å²) in [6, 6.07) is 7.87. The Morgan fingerprint density at radius 2 is 1.95 bits per heavy atom. The summed E-state index contributed by atoms with van der Waals surface area (Å²) < 4.78 is 0. The van der Waals surface area contributed by atoms with Gasteiger partial charge in [-0.05, 0) is 30.9 Å². The molecule has 22 heavy (non-hydrogen) atoms. The Balaban J connectivity index is 1.87. The van der Waals surface area contributed by atoms with E-state index in [1.165, 1.54) is 37.9 Å². The van der Waals surface area contributed by atoms with Crippen molar-refractivity contribution in [3.63, 3.8) is 0 Å². The van der Waals surface area contributed by atoms with Crippen molar-refractivity contribution in [3.8, 4) is 0 Å². The SMILES string of the molecule is CC(=O)Nc1ccccc1SCC(=O)N[C@H]1CCCC[C@H]1C. The Hall–Kier alpha value is -1.49. The van der Waals surface area contributed by atoms with Gasteiger partial charge in [0.05, 0.1) is 11.4 Å². The van der Waals surface area contributed by atoms with E-state index in [2.05, 4.69) is 17.6 Å². The molecule has 0 aromatic heterocycles. The average molecular weight is 320 g/mol. The molecule has 2 N–H and O–H groups in total. The van der Waals surface area contributed by atoms with Crippen molar-refractivity contribution in [1.82, 2.24) is 5.32 Å². The molecule has 0 unspecified atom stereocenters. The van der Waals surface area contributed by atoms with E-state index in [9.17, 15) is 9.59 Å². The molecule has 4 nitrogen and oxygen atoms in total. The highest BCUT2D eigenvalue weighted by atomic mass is 32.2. The lowest BCUT2D eigenvalue weighted by atomic mass is 9.86. The largest absolute Gasteiger partial charge is 0.352 e. The summed E-state index contributed by atoms with van der Waals surface area (Å²) >= 11 is 1.46. The number of hydrogen-bond acceptors (Lipinski definition) is 3. The predicted molar refractivity (Wildman–Crippen MR) is 91.0 cm³/mol. The van der Waals surface area contributed by atoms with Gasteiger partial charge in [-0.2, -0.15) is 0 Å². The van der Waals surface area contributed by atoms with Gasteiger partial charge in [-0.3, -0.25) is 9.59 Å². The molecule has 0 radical (unpaired) electrons. The number of carbonyl (C=O) groups excluding carboxylic acids is 2. The maximum absolute atomic E-state index is 12.1. The Morgan fingerprint density at radius 1 is 1.23 bits per heavy atom. The number of rotatable bonds is 5. The zero-order valence-electron chi connectivity index (χ0n) is 13.2. The number of para-hydroxylation sites is 1. The molecule has 2 amide bonds. The third-order valence-corrected chi connectivity index (χ3v) is 5.09. The fraction of sp³-hybridized carbons (Fsp3) is 0.529. The fourth-order valence-corrected chi connectivity index (χ4v) is 3.63. The van der Waals surface area contributed by atoms with Gasteiger partial charge in [0.1, 0.15) is 0 Å². The van der Waals surface area contributed by atoms with Crippen LogP contribution in [0.5, 0.6) is 0 Å². The quantitative estimate of drug-likeness (QED) is 0.817. The number of benzene rings is 1. The lowest BCUT2D eigenvalue weighted by Crippen LogP contribution is -2.41. The van der Waals surface area contributed by atoms with Gasteiger partial charge in [0, 0.05) is 17.9 Å². The minimum absolute atomic E-state index is 0.0707. The van der Waals surface area contributed by atoms with Crippen LogP contribution in [0, 0.1) is 5.92 Å². The van der Waals surface area contributed by atoms with Gasteiger partial charge < -0.3 is 10.6 Å². The molecule has 0 spiro atoms. The number of hydrogen-bond donors (Lipinski definition) is 2. The molecule has 120 valence electrons. The van der Waals surface area contributed by atoms with Crippen molar-refractivity contribution >= 4 is 29.3 Å². The van der Waals surface area contributed by atoms with Crippen molar-refractivity contribution in [1.29, 1.82) is 0 Å². The first-order chi connectivity index (χ1) is 10.6. The van der Waals surface area contributed by atoms with Gasteiger partial charge in [0.15, 0.2) is 0 Å². The summed E-state index contributed by atoms with van der Waals surface area (Å²) in [5.74, 6) is 0.907. The molecule has 1 aromatic rings. The normalized spacial score (nSPS) is 21.2. The van der Waals surface area contributed by atoms with Crippen LogP contribution in [0.4, 0.5) is 5.69 Å².